The van der Waals surface area contributed by atoms with E-state index in [4.69, 9.17) is 17.3 Å². The molecule has 17 heavy (non-hydrogen) atoms. The topological polar surface area (TPSA) is 47.1 Å². The minimum absolute atomic E-state index is 0.253. The fraction of sp³-hybridized carbons (Fsp3) is 0.750. The van der Waals surface area contributed by atoms with Crippen LogP contribution in [0.2, 0.25) is 5.02 Å². The average molecular weight is 259 g/mol. The highest BCUT2D eigenvalue weighted by atomic mass is 35.5. The highest BCUT2D eigenvalue weighted by molar-refractivity contribution is 6.31. The Morgan fingerprint density at radius 3 is 2.82 bits per heavy atom. The molecule has 1 rings (SSSR count). The summed E-state index contributed by atoms with van der Waals surface area (Å²) in [5, 5.41) is 5.07. The summed E-state index contributed by atoms with van der Waals surface area (Å²) in [4.78, 5) is 2.14. The van der Waals surface area contributed by atoms with Gasteiger partial charge in [-0.2, -0.15) is 5.10 Å². The van der Waals surface area contributed by atoms with E-state index in [0.29, 0.717) is 0 Å². The van der Waals surface area contributed by atoms with E-state index in [9.17, 15) is 0 Å². The molecule has 0 fully saturated rings. The van der Waals surface area contributed by atoms with Crippen LogP contribution in [0.4, 0.5) is 0 Å². The number of nitrogens with zero attached hydrogens (tertiary/aromatic N) is 3. The van der Waals surface area contributed by atoms with Gasteiger partial charge in [-0.15, -0.1) is 0 Å². The number of hydrogen-bond acceptors (Lipinski definition) is 3. The van der Waals surface area contributed by atoms with Gasteiger partial charge in [-0.3, -0.25) is 4.68 Å². The van der Waals surface area contributed by atoms with Crippen molar-refractivity contribution in [2.45, 2.75) is 38.8 Å². The molecule has 1 unspecified atom stereocenters. The molecule has 0 spiro atoms. The summed E-state index contributed by atoms with van der Waals surface area (Å²) in [6.07, 6.45) is 4.60. The summed E-state index contributed by atoms with van der Waals surface area (Å²) in [7, 11) is 4.11. The number of halogens is 1. The molecule has 0 aliphatic heterocycles. The number of hydrogen-bond donors (Lipinski definition) is 1. The third kappa shape index (κ3) is 4.66. The molecular formula is C12H23ClN4. The number of likely N-dealkylation sites (N-methyl/N-ethyl adjacent to an activating group) is 1. The van der Waals surface area contributed by atoms with E-state index < -0.39 is 0 Å². The lowest BCUT2D eigenvalue weighted by Crippen LogP contribution is -2.22. The standard InChI is InChI=1S/C12H23ClN4/c1-4-10(14)5-6-12-11(13)9-15-17(12)8-7-16(2)3/h9-10H,4-8,14H2,1-3H3. The molecule has 0 radical (unpaired) electrons. The molecule has 1 aromatic heterocycles. The second-order valence-electron chi connectivity index (χ2n) is 4.67. The Balaban J connectivity index is 2.59. The smallest absolute Gasteiger partial charge is 0.0817 e. The number of aromatic nitrogens is 2. The third-order valence-corrected chi connectivity index (χ3v) is 3.25. The SMILES string of the molecule is CCC(N)CCc1c(Cl)cnn1CCN(C)C. The molecule has 0 aliphatic rings. The number of nitrogens with two attached hydrogens (primary N) is 1. The minimum atomic E-state index is 0.253. The minimum Gasteiger partial charge on any atom is -0.328 e. The molecule has 0 aliphatic carbocycles. The third-order valence-electron chi connectivity index (χ3n) is 2.93. The van der Waals surface area contributed by atoms with Crippen molar-refractivity contribution < 1.29 is 0 Å². The van der Waals surface area contributed by atoms with E-state index in [-0.39, 0.29) is 6.04 Å². The lowest BCUT2D eigenvalue weighted by Gasteiger charge is -2.13. The van der Waals surface area contributed by atoms with Crippen molar-refractivity contribution in [2.24, 2.45) is 5.73 Å². The first-order valence-corrected chi connectivity index (χ1v) is 6.52. The maximum Gasteiger partial charge on any atom is 0.0817 e. The summed E-state index contributed by atoms with van der Waals surface area (Å²) in [5.74, 6) is 0. The number of rotatable bonds is 7. The maximum atomic E-state index is 6.15. The summed E-state index contributed by atoms with van der Waals surface area (Å²) in [6, 6.07) is 0.253. The molecule has 0 saturated heterocycles. The molecule has 1 atom stereocenters. The Bertz CT molecular complexity index is 335. The van der Waals surface area contributed by atoms with Gasteiger partial charge < -0.3 is 10.6 Å². The van der Waals surface area contributed by atoms with Crippen molar-refractivity contribution in [3.05, 3.63) is 16.9 Å². The fourth-order valence-corrected chi connectivity index (χ4v) is 1.89. The summed E-state index contributed by atoms with van der Waals surface area (Å²) in [5.41, 5.74) is 7.04. The first-order chi connectivity index (χ1) is 8.04. The molecule has 1 aromatic rings. The molecular weight excluding hydrogens is 236 g/mol. The van der Waals surface area contributed by atoms with Crippen LogP contribution in [0, 0.1) is 0 Å². The van der Waals surface area contributed by atoms with E-state index in [1.165, 1.54) is 0 Å². The van der Waals surface area contributed by atoms with Crippen LogP contribution in [0.3, 0.4) is 0 Å². The van der Waals surface area contributed by atoms with Crippen LogP contribution >= 0.6 is 11.6 Å². The van der Waals surface area contributed by atoms with Gasteiger partial charge in [0.15, 0.2) is 0 Å². The van der Waals surface area contributed by atoms with Crippen molar-refractivity contribution in [3.63, 3.8) is 0 Å². The Hall–Kier alpha value is -0.580. The van der Waals surface area contributed by atoms with Gasteiger partial charge in [0.05, 0.1) is 23.5 Å². The van der Waals surface area contributed by atoms with Gasteiger partial charge in [-0.05, 0) is 33.4 Å². The molecule has 98 valence electrons. The first-order valence-electron chi connectivity index (χ1n) is 6.15. The highest BCUT2D eigenvalue weighted by Gasteiger charge is 2.10. The van der Waals surface area contributed by atoms with E-state index >= 15 is 0 Å². The monoisotopic (exact) mass is 258 g/mol. The van der Waals surface area contributed by atoms with Crippen molar-refractivity contribution >= 4 is 11.6 Å². The van der Waals surface area contributed by atoms with E-state index in [2.05, 4.69) is 31.0 Å². The molecule has 0 saturated carbocycles. The second-order valence-corrected chi connectivity index (χ2v) is 5.08. The zero-order valence-electron chi connectivity index (χ0n) is 11.0. The van der Waals surface area contributed by atoms with Crippen molar-refractivity contribution in [1.29, 1.82) is 0 Å². The summed E-state index contributed by atoms with van der Waals surface area (Å²) in [6.45, 7) is 3.94. The Morgan fingerprint density at radius 2 is 2.24 bits per heavy atom. The maximum absolute atomic E-state index is 6.15. The van der Waals surface area contributed by atoms with Crippen LogP contribution in [0.25, 0.3) is 0 Å². The zero-order valence-corrected chi connectivity index (χ0v) is 11.7. The van der Waals surface area contributed by atoms with Gasteiger partial charge in [-0.25, -0.2) is 0 Å². The second kappa shape index (κ2) is 6.99. The first kappa shape index (κ1) is 14.5. The molecule has 4 nitrogen and oxygen atoms in total. The average Bonchev–Trinajstić information content (AvgIpc) is 2.64. The fourth-order valence-electron chi connectivity index (χ4n) is 1.65. The van der Waals surface area contributed by atoms with E-state index in [1.807, 2.05) is 4.68 Å². The van der Waals surface area contributed by atoms with Gasteiger partial charge in [0.1, 0.15) is 0 Å². The predicted molar refractivity (Wildman–Crippen MR) is 72.4 cm³/mol. The Kier molecular flexibility index (Phi) is 5.95. The van der Waals surface area contributed by atoms with Crippen LogP contribution in [-0.2, 0) is 13.0 Å². The summed E-state index contributed by atoms with van der Waals surface area (Å²) >= 11 is 6.15. The Labute approximate surface area is 109 Å². The van der Waals surface area contributed by atoms with Crippen LogP contribution < -0.4 is 5.73 Å². The van der Waals surface area contributed by atoms with Gasteiger partial charge in [-0.1, -0.05) is 18.5 Å². The van der Waals surface area contributed by atoms with E-state index in [1.54, 1.807) is 6.20 Å². The van der Waals surface area contributed by atoms with Gasteiger partial charge in [0.2, 0.25) is 0 Å². The Morgan fingerprint density at radius 1 is 1.53 bits per heavy atom. The molecule has 0 aromatic carbocycles. The van der Waals surface area contributed by atoms with Gasteiger partial charge >= 0.3 is 0 Å². The quantitative estimate of drug-likeness (QED) is 0.811. The molecule has 2 N–H and O–H groups in total. The van der Waals surface area contributed by atoms with Crippen LogP contribution in [-0.4, -0.2) is 41.4 Å². The molecule has 1 heterocycles. The zero-order chi connectivity index (χ0) is 12.8. The van der Waals surface area contributed by atoms with Gasteiger partial charge in [0.25, 0.3) is 0 Å². The van der Waals surface area contributed by atoms with Crippen molar-refractivity contribution in [2.75, 3.05) is 20.6 Å². The highest BCUT2D eigenvalue weighted by Crippen LogP contribution is 2.17. The summed E-state index contributed by atoms with van der Waals surface area (Å²) < 4.78 is 1.99. The predicted octanol–water partition coefficient (Wildman–Crippen LogP) is 1.77. The van der Waals surface area contributed by atoms with Crippen molar-refractivity contribution in [1.82, 2.24) is 14.7 Å². The van der Waals surface area contributed by atoms with Crippen LogP contribution in [0.15, 0.2) is 6.20 Å². The lowest BCUT2D eigenvalue weighted by atomic mass is 10.1. The van der Waals surface area contributed by atoms with E-state index in [0.717, 1.165) is 43.1 Å². The van der Waals surface area contributed by atoms with Crippen LogP contribution in [0.5, 0.6) is 0 Å². The van der Waals surface area contributed by atoms with Crippen LogP contribution in [0.1, 0.15) is 25.5 Å². The molecule has 0 amide bonds. The normalized spacial score (nSPS) is 13.3. The largest absolute Gasteiger partial charge is 0.328 e. The lowest BCUT2D eigenvalue weighted by molar-refractivity contribution is 0.368. The van der Waals surface area contributed by atoms with Gasteiger partial charge in [0, 0.05) is 12.6 Å². The molecule has 0 bridgehead atoms. The molecule has 5 heteroatoms. The van der Waals surface area contributed by atoms with Crippen molar-refractivity contribution in [3.8, 4) is 0 Å².